The van der Waals surface area contributed by atoms with Crippen molar-refractivity contribution in [1.82, 2.24) is 15.2 Å². The first-order chi connectivity index (χ1) is 6.81. The number of hydrogen-bond donors (Lipinski definition) is 0. The van der Waals surface area contributed by atoms with Crippen LogP contribution in [0.4, 0.5) is 0 Å². The van der Waals surface area contributed by atoms with Crippen LogP contribution in [0.5, 0.6) is 0 Å². The standard InChI is InChI=1S/C9H8N4O/c1-7(6-10)14-13-9-5-3-2-4-8(9)11-12-13/h2-5,7H,1H3. The lowest BCUT2D eigenvalue weighted by molar-refractivity contribution is 0.0602. The molecule has 5 heteroatoms. The van der Waals surface area contributed by atoms with Crippen LogP contribution < -0.4 is 4.84 Å². The third-order valence-corrected chi connectivity index (χ3v) is 1.76. The van der Waals surface area contributed by atoms with E-state index in [1.807, 2.05) is 30.3 Å². The van der Waals surface area contributed by atoms with Crippen molar-refractivity contribution in [2.24, 2.45) is 0 Å². The Balaban J connectivity index is 2.39. The van der Waals surface area contributed by atoms with Crippen LogP contribution in [0.1, 0.15) is 6.92 Å². The first kappa shape index (κ1) is 8.51. The molecule has 1 aromatic heterocycles. The average molecular weight is 188 g/mol. The third kappa shape index (κ3) is 1.38. The molecular weight excluding hydrogens is 180 g/mol. The summed E-state index contributed by atoms with van der Waals surface area (Å²) in [5.74, 6) is 0. The van der Waals surface area contributed by atoms with E-state index in [0.29, 0.717) is 0 Å². The molecule has 0 amide bonds. The number of nitrogens with zero attached hydrogens (tertiary/aromatic N) is 4. The number of fused-ring (bicyclic) bond motifs is 1. The molecule has 1 unspecified atom stereocenters. The second-order valence-electron chi connectivity index (χ2n) is 2.83. The van der Waals surface area contributed by atoms with Gasteiger partial charge in [-0.2, -0.15) is 5.26 Å². The van der Waals surface area contributed by atoms with E-state index in [1.165, 1.54) is 4.85 Å². The fourth-order valence-electron chi connectivity index (χ4n) is 1.10. The summed E-state index contributed by atoms with van der Waals surface area (Å²) >= 11 is 0. The van der Waals surface area contributed by atoms with Crippen LogP contribution in [0.15, 0.2) is 24.3 Å². The Bertz CT molecular complexity index is 485. The van der Waals surface area contributed by atoms with Crippen molar-refractivity contribution < 1.29 is 4.84 Å². The van der Waals surface area contributed by atoms with Crippen LogP contribution in [-0.4, -0.2) is 21.3 Å². The SMILES string of the molecule is CC(C#N)On1nnc2ccccc21. The van der Waals surface area contributed by atoms with Crippen LogP contribution in [0.25, 0.3) is 11.0 Å². The molecule has 70 valence electrons. The number of rotatable bonds is 2. The van der Waals surface area contributed by atoms with Gasteiger partial charge in [-0.1, -0.05) is 17.0 Å². The Morgan fingerprint density at radius 3 is 3.07 bits per heavy atom. The molecule has 5 nitrogen and oxygen atoms in total. The summed E-state index contributed by atoms with van der Waals surface area (Å²) < 4.78 is 0. The maximum Gasteiger partial charge on any atom is 0.209 e. The van der Waals surface area contributed by atoms with Crippen LogP contribution >= 0.6 is 0 Å². The van der Waals surface area contributed by atoms with Crippen LogP contribution in [-0.2, 0) is 0 Å². The third-order valence-electron chi connectivity index (χ3n) is 1.76. The van der Waals surface area contributed by atoms with E-state index in [2.05, 4.69) is 10.3 Å². The first-order valence-electron chi connectivity index (χ1n) is 4.18. The van der Waals surface area contributed by atoms with E-state index in [4.69, 9.17) is 10.1 Å². The summed E-state index contributed by atoms with van der Waals surface area (Å²) in [4.78, 5) is 6.47. The normalized spacial score (nSPS) is 12.3. The number of aromatic nitrogens is 3. The lowest BCUT2D eigenvalue weighted by Gasteiger charge is -2.05. The zero-order valence-electron chi connectivity index (χ0n) is 7.58. The summed E-state index contributed by atoms with van der Waals surface area (Å²) in [6.07, 6.45) is -0.542. The second-order valence-corrected chi connectivity index (χ2v) is 2.83. The lowest BCUT2D eigenvalue weighted by atomic mass is 10.3. The number of nitriles is 1. The van der Waals surface area contributed by atoms with Crippen molar-refractivity contribution in [3.63, 3.8) is 0 Å². The molecule has 0 saturated carbocycles. The Kier molecular flexibility index (Phi) is 2.03. The zero-order chi connectivity index (χ0) is 9.97. The molecule has 2 aromatic rings. The summed E-state index contributed by atoms with van der Waals surface area (Å²) in [7, 11) is 0. The van der Waals surface area contributed by atoms with Gasteiger partial charge in [-0.25, -0.2) is 0 Å². The van der Waals surface area contributed by atoms with Crippen molar-refractivity contribution in [1.29, 1.82) is 5.26 Å². The van der Waals surface area contributed by atoms with Crippen molar-refractivity contribution in [3.05, 3.63) is 24.3 Å². The van der Waals surface area contributed by atoms with Crippen molar-refractivity contribution in [2.75, 3.05) is 0 Å². The van der Waals surface area contributed by atoms with Gasteiger partial charge in [-0.3, -0.25) is 0 Å². The monoisotopic (exact) mass is 188 g/mol. The molecule has 0 aliphatic carbocycles. The van der Waals surface area contributed by atoms with Crippen LogP contribution in [0, 0.1) is 11.3 Å². The lowest BCUT2D eigenvalue weighted by Crippen LogP contribution is -2.21. The van der Waals surface area contributed by atoms with E-state index in [-0.39, 0.29) is 0 Å². The minimum absolute atomic E-state index is 0.542. The van der Waals surface area contributed by atoms with Gasteiger partial charge in [0.05, 0.1) is 0 Å². The molecule has 0 aliphatic rings. The predicted molar refractivity (Wildman–Crippen MR) is 49.2 cm³/mol. The maximum atomic E-state index is 8.57. The van der Waals surface area contributed by atoms with Gasteiger partial charge in [0.2, 0.25) is 6.10 Å². The fraction of sp³-hybridized carbons (Fsp3) is 0.222. The topological polar surface area (TPSA) is 63.7 Å². The van der Waals surface area contributed by atoms with E-state index < -0.39 is 6.10 Å². The number of benzene rings is 1. The highest BCUT2D eigenvalue weighted by Gasteiger charge is 2.06. The molecular formula is C9H8N4O. The molecule has 0 bridgehead atoms. The molecule has 0 saturated heterocycles. The molecule has 0 N–H and O–H groups in total. The van der Waals surface area contributed by atoms with Gasteiger partial charge in [0.25, 0.3) is 0 Å². The van der Waals surface area contributed by atoms with Gasteiger partial charge in [-0.15, -0.1) is 5.10 Å². The molecule has 0 radical (unpaired) electrons. The van der Waals surface area contributed by atoms with Crippen LogP contribution in [0.2, 0.25) is 0 Å². The molecule has 1 atom stereocenters. The van der Waals surface area contributed by atoms with Gasteiger partial charge >= 0.3 is 0 Å². The average Bonchev–Trinajstić information content (AvgIpc) is 2.62. The van der Waals surface area contributed by atoms with E-state index in [1.54, 1.807) is 6.92 Å². The van der Waals surface area contributed by atoms with Gasteiger partial charge < -0.3 is 4.84 Å². The highest BCUT2D eigenvalue weighted by molar-refractivity contribution is 5.73. The Morgan fingerprint density at radius 2 is 2.29 bits per heavy atom. The molecule has 0 spiro atoms. The van der Waals surface area contributed by atoms with Gasteiger partial charge in [-0.05, 0) is 24.3 Å². The minimum Gasteiger partial charge on any atom is -0.377 e. The van der Waals surface area contributed by atoms with E-state index in [0.717, 1.165) is 11.0 Å². The van der Waals surface area contributed by atoms with Crippen molar-refractivity contribution in [3.8, 4) is 6.07 Å². The van der Waals surface area contributed by atoms with Gasteiger partial charge in [0.15, 0.2) is 0 Å². The zero-order valence-corrected chi connectivity index (χ0v) is 7.58. The number of hydrogen-bond acceptors (Lipinski definition) is 4. The molecule has 0 fully saturated rings. The maximum absolute atomic E-state index is 8.57. The van der Waals surface area contributed by atoms with Crippen molar-refractivity contribution >= 4 is 11.0 Å². The molecule has 1 aromatic carbocycles. The molecule has 1 heterocycles. The Morgan fingerprint density at radius 1 is 1.50 bits per heavy atom. The highest BCUT2D eigenvalue weighted by Crippen LogP contribution is 2.08. The Labute approximate surface area is 80.5 Å². The van der Waals surface area contributed by atoms with E-state index in [9.17, 15) is 0 Å². The largest absolute Gasteiger partial charge is 0.377 e. The second kappa shape index (κ2) is 3.34. The summed E-state index contributed by atoms with van der Waals surface area (Å²) in [5, 5.41) is 16.2. The van der Waals surface area contributed by atoms with E-state index >= 15 is 0 Å². The van der Waals surface area contributed by atoms with Crippen molar-refractivity contribution in [2.45, 2.75) is 13.0 Å². The highest BCUT2D eigenvalue weighted by atomic mass is 16.7. The predicted octanol–water partition coefficient (Wildman–Crippen LogP) is 0.772. The minimum atomic E-state index is -0.542. The summed E-state index contributed by atoms with van der Waals surface area (Å²) in [6.45, 7) is 1.65. The quantitative estimate of drug-likeness (QED) is 0.698. The van der Waals surface area contributed by atoms with Crippen LogP contribution in [0.3, 0.4) is 0 Å². The molecule has 2 rings (SSSR count). The molecule has 14 heavy (non-hydrogen) atoms. The first-order valence-corrected chi connectivity index (χ1v) is 4.18. The Hall–Kier alpha value is -2.09. The van der Waals surface area contributed by atoms with Gasteiger partial charge in [0, 0.05) is 0 Å². The fourth-order valence-corrected chi connectivity index (χ4v) is 1.10. The van der Waals surface area contributed by atoms with Gasteiger partial charge in [0.1, 0.15) is 17.1 Å². The summed E-state index contributed by atoms with van der Waals surface area (Å²) in [5.41, 5.74) is 1.51. The summed E-state index contributed by atoms with van der Waals surface area (Å²) in [6, 6.07) is 9.36. The smallest absolute Gasteiger partial charge is 0.209 e. The number of para-hydroxylation sites is 1. The molecule has 0 aliphatic heterocycles.